The van der Waals surface area contributed by atoms with Crippen LogP contribution in [-0.4, -0.2) is 36.1 Å². The minimum atomic E-state index is -4.47. The monoisotopic (exact) mass is 471 g/mol. The lowest BCUT2D eigenvalue weighted by Gasteiger charge is -2.38. The zero-order valence-corrected chi connectivity index (χ0v) is 20.0. The lowest BCUT2D eigenvalue weighted by Crippen LogP contribution is -2.40. The SMILES string of the molecule is Cc1cc(Nc2cc(OCCCN3CCCC(C)(C)C3)cc(C(F)(F)F)c2)c2ccccc2n1. The van der Waals surface area contributed by atoms with Gasteiger partial charge in [0.25, 0.3) is 0 Å². The predicted octanol–water partition coefficient (Wildman–Crippen LogP) is 7.20. The summed E-state index contributed by atoms with van der Waals surface area (Å²) in [5.74, 6) is 0.214. The van der Waals surface area contributed by atoms with E-state index in [1.165, 1.54) is 12.8 Å². The molecular formula is C27H32F3N3O. The lowest BCUT2D eigenvalue weighted by atomic mass is 9.84. The average Bonchev–Trinajstić information content (AvgIpc) is 2.75. The van der Waals surface area contributed by atoms with Crippen molar-refractivity contribution in [1.29, 1.82) is 0 Å². The number of likely N-dealkylation sites (tertiary alicyclic amines) is 1. The van der Waals surface area contributed by atoms with E-state index < -0.39 is 11.7 Å². The van der Waals surface area contributed by atoms with E-state index in [1.54, 1.807) is 6.07 Å². The Bertz CT molecular complexity index is 1140. The van der Waals surface area contributed by atoms with Crippen LogP contribution >= 0.6 is 0 Å². The number of pyridine rings is 1. The molecule has 1 aliphatic rings. The Morgan fingerprint density at radius 3 is 2.68 bits per heavy atom. The molecule has 0 unspecified atom stereocenters. The zero-order valence-electron chi connectivity index (χ0n) is 20.0. The van der Waals surface area contributed by atoms with E-state index in [4.69, 9.17) is 4.74 Å². The minimum Gasteiger partial charge on any atom is -0.493 e. The van der Waals surface area contributed by atoms with E-state index in [2.05, 4.69) is 29.0 Å². The van der Waals surface area contributed by atoms with Crippen molar-refractivity contribution in [2.24, 2.45) is 5.41 Å². The molecule has 3 aromatic rings. The largest absolute Gasteiger partial charge is 0.493 e. The second kappa shape index (κ2) is 9.82. The fourth-order valence-corrected chi connectivity index (χ4v) is 4.70. The van der Waals surface area contributed by atoms with Crippen LogP contribution < -0.4 is 10.1 Å². The molecule has 0 aliphatic carbocycles. The third-order valence-corrected chi connectivity index (χ3v) is 6.22. The van der Waals surface area contributed by atoms with Gasteiger partial charge in [0.1, 0.15) is 5.75 Å². The molecule has 0 radical (unpaired) electrons. The van der Waals surface area contributed by atoms with Crippen LogP contribution in [0.1, 0.15) is 44.4 Å². The van der Waals surface area contributed by atoms with E-state index in [1.807, 2.05) is 37.3 Å². The molecule has 0 atom stereocenters. The van der Waals surface area contributed by atoms with Crippen molar-refractivity contribution in [2.45, 2.75) is 46.2 Å². The number of para-hydroxylation sites is 1. The fraction of sp³-hybridized carbons (Fsp3) is 0.444. The molecule has 0 saturated carbocycles. The highest BCUT2D eigenvalue weighted by Crippen LogP contribution is 2.36. The van der Waals surface area contributed by atoms with Crippen LogP contribution in [0.4, 0.5) is 24.5 Å². The van der Waals surface area contributed by atoms with Crippen LogP contribution in [0.3, 0.4) is 0 Å². The molecule has 1 aromatic heterocycles. The van der Waals surface area contributed by atoms with Gasteiger partial charge in [-0.1, -0.05) is 32.0 Å². The van der Waals surface area contributed by atoms with E-state index in [-0.39, 0.29) is 5.75 Å². The number of piperidine rings is 1. The maximum absolute atomic E-state index is 13.6. The van der Waals surface area contributed by atoms with Gasteiger partial charge in [0.15, 0.2) is 0 Å². The van der Waals surface area contributed by atoms with Crippen molar-refractivity contribution in [3.05, 3.63) is 59.8 Å². The number of alkyl halides is 3. The molecule has 1 fully saturated rings. The number of hydrogen-bond acceptors (Lipinski definition) is 4. The topological polar surface area (TPSA) is 37.4 Å². The van der Waals surface area contributed by atoms with Crippen LogP contribution in [0.5, 0.6) is 5.75 Å². The highest BCUT2D eigenvalue weighted by molar-refractivity contribution is 5.93. The number of halogens is 3. The number of nitrogens with zero attached hydrogens (tertiary/aromatic N) is 2. The van der Waals surface area contributed by atoms with Crippen molar-refractivity contribution in [1.82, 2.24) is 9.88 Å². The highest BCUT2D eigenvalue weighted by atomic mass is 19.4. The van der Waals surface area contributed by atoms with Gasteiger partial charge in [-0.15, -0.1) is 0 Å². The van der Waals surface area contributed by atoms with Gasteiger partial charge < -0.3 is 15.0 Å². The molecule has 0 spiro atoms. The number of fused-ring (bicyclic) bond motifs is 1. The molecule has 1 N–H and O–H groups in total. The highest BCUT2D eigenvalue weighted by Gasteiger charge is 2.31. The molecule has 2 aromatic carbocycles. The third kappa shape index (κ3) is 6.20. The number of ether oxygens (including phenoxy) is 1. The van der Waals surface area contributed by atoms with Crippen LogP contribution in [-0.2, 0) is 6.18 Å². The summed E-state index contributed by atoms with van der Waals surface area (Å²) >= 11 is 0. The smallest absolute Gasteiger partial charge is 0.416 e. The van der Waals surface area contributed by atoms with E-state index in [0.29, 0.717) is 23.4 Å². The van der Waals surface area contributed by atoms with E-state index >= 15 is 0 Å². The van der Waals surface area contributed by atoms with Crippen molar-refractivity contribution >= 4 is 22.3 Å². The molecule has 182 valence electrons. The van der Waals surface area contributed by atoms with Crippen LogP contribution in [0, 0.1) is 12.3 Å². The fourth-order valence-electron chi connectivity index (χ4n) is 4.70. The van der Waals surface area contributed by atoms with Crippen LogP contribution in [0.2, 0.25) is 0 Å². The van der Waals surface area contributed by atoms with Gasteiger partial charge in [0.05, 0.1) is 17.7 Å². The first kappa shape index (κ1) is 24.3. The second-order valence-electron chi connectivity index (χ2n) is 9.94. The minimum absolute atomic E-state index is 0.214. The van der Waals surface area contributed by atoms with Crippen molar-refractivity contribution < 1.29 is 17.9 Å². The number of benzene rings is 2. The molecule has 4 nitrogen and oxygen atoms in total. The summed E-state index contributed by atoms with van der Waals surface area (Å²) in [5.41, 5.74) is 2.19. The van der Waals surface area contributed by atoms with Gasteiger partial charge in [-0.3, -0.25) is 4.98 Å². The second-order valence-corrected chi connectivity index (χ2v) is 9.94. The summed E-state index contributed by atoms with van der Waals surface area (Å²) < 4.78 is 46.6. The molecule has 1 saturated heterocycles. The zero-order chi connectivity index (χ0) is 24.3. The number of nitrogens with one attached hydrogen (secondary N) is 1. The van der Waals surface area contributed by atoms with E-state index in [0.717, 1.165) is 54.8 Å². The molecule has 7 heteroatoms. The summed E-state index contributed by atoms with van der Waals surface area (Å²) in [7, 11) is 0. The van der Waals surface area contributed by atoms with Crippen molar-refractivity contribution in [3.8, 4) is 5.75 Å². The number of aromatic nitrogens is 1. The average molecular weight is 472 g/mol. The summed E-state index contributed by atoms with van der Waals surface area (Å²) in [6.45, 7) is 9.79. The Balaban J connectivity index is 1.49. The molecular weight excluding hydrogens is 439 g/mol. The van der Waals surface area contributed by atoms with Gasteiger partial charge >= 0.3 is 6.18 Å². The Labute approximate surface area is 199 Å². The third-order valence-electron chi connectivity index (χ3n) is 6.22. The maximum Gasteiger partial charge on any atom is 0.416 e. The molecule has 34 heavy (non-hydrogen) atoms. The standard InChI is InChI=1S/C27H32F3N3O/c1-19-14-25(23-8-4-5-9-24(23)31-19)32-21-15-20(27(28,29)30)16-22(17-21)34-13-7-12-33-11-6-10-26(2,3)18-33/h4-5,8-9,14-17H,6-7,10-13,18H2,1-3H3,(H,31,32). The first-order valence-corrected chi connectivity index (χ1v) is 11.8. The van der Waals surface area contributed by atoms with Gasteiger partial charge in [-0.05, 0) is 62.4 Å². The summed E-state index contributed by atoms with van der Waals surface area (Å²) in [5, 5.41) is 4.01. The number of anilines is 2. The summed E-state index contributed by atoms with van der Waals surface area (Å²) in [6.07, 6.45) is -1.29. The van der Waals surface area contributed by atoms with Gasteiger partial charge in [-0.2, -0.15) is 13.2 Å². The van der Waals surface area contributed by atoms with Gasteiger partial charge in [0.2, 0.25) is 0 Å². The van der Waals surface area contributed by atoms with Gasteiger partial charge in [-0.25, -0.2) is 0 Å². The first-order chi connectivity index (χ1) is 16.1. The Kier molecular flexibility index (Phi) is 7.03. The summed E-state index contributed by atoms with van der Waals surface area (Å²) in [6, 6.07) is 13.2. The number of rotatable bonds is 7. The Morgan fingerprint density at radius 1 is 1.12 bits per heavy atom. The van der Waals surface area contributed by atoms with Crippen LogP contribution in [0.15, 0.2) is 48.5 Å². The maximum atomic E-state index is 13.6. The quantitative estimate of drug-likeness (QED) is 0.370. The molecule has 4 rings (SSSR count). The Hall–Kier alpha value is -2.80. The van der Waals surface area contributed by atoms with E-state index in [9.17, 15) is 13.2 Å². The number of hydrogen-bond donors (Lipinski definition) is 1. The lowest BCUT2D eigenvalue weighted by molar-refractivity contribution is -0.137. The normalized spacial score (nSPS) is 16.5. The van der Waals surface area contributed by atoms with Crippen LogP contribution in [0.25, 0.3) is 10.9 Å². The Morgan fingerprint density at radius 2 is 1.91 bits per heavy atom. The molecule has 2 heterocycles. The first-order valence-electron chi connectivity index (χ1n) is 11.8. The molecule has 0 amide bonds. The van der Waals surface area contributed by atoms with Gasteiger partial charge in [0, 0.05) is 41.6 Å². The summed E-state index contributed by atoms with van der Waals surface area (Å²) in [4.78, 5) is 6.92. The predicted molar refractivity (Wildman–Crippen MR) is 131 cm³/mol. The molecule has 0 bridgehead atoms. The number of aryl methyl sites for hydroxylation is 1. The van der Waals surface area contributed by atoms with Crippen molar-refractivity contribution in [2.75, 3.05) is 31.6 Å². The van der Waals surface area contributed by atoms with Crippen molar-refractivity contribution in [3.63, 3.8) is 0 Å². The molecule has 1 aliphatic heterocycles.